The van der Waals surface area contributed by atoms with Crippen molar-refractivity contribution in [2.75, 3.05) is 0 Å². The third-order valence-corrected chi connectivity index (χ3v) is 4.14. The Balaban J connectivity index is 2.30. The van der Waals surface area contributed by atoms with E-state index in [9.17, 15) is 19.1 Å². The summed E-state index contributed by atoms with van der Waals surface area (Å²) in [6, 6.07) is 13.0. The third-order valence-electron chi connectivity index (χ3n) is 4.14. The lowest BCUT2D eigenvalue weighted by molar-refractivity contribution is 0.0692. The molecule has 0 aromatic heterocycles. The first-order valence-corrected chi connectivity index (χ1v) is 7.47. The van der Waals surface area contributed by atoms with Crippen molar-refractivity contribution in [2.24, 2.45) is 0 Å². The molecule has 0 aliphatic heterocycles. The highest BCUT2D eigenvalue weighted by Gasteiger charge is 2.22. The Morgan fingerprint density at radius 3 is 2.21 bits per heavy atom. The number of aryl methyl sites for hydroxylation is 2. The molecule has 0 heterocycles. The van der Waals surface area contributed by atoms with Gasteiger partial charge in [0.2, 0.25) is 0 Å². The summed E-state index contributed by atoms with van der Waals surface area (Å²) < 4.78 is 14.3. The highest BCUT2D eigenvalue weighted by atomic mass is 19.1. The second-order valence-corrected chi connectivity index (χ2v) is 5.73. The number of hydrogen-bond donors (Lipinski definition) is 1. The predicted molar refractivity (Wildman–Crippen MR) is 90.2 cm³/mol. The van der Waals surface area contributed by atoms with Gasteiger partial charge in [0.1, 0.15) is 5.82 Å². The summed E-state index contributed by atoms with van der Waals surface area (Å²) in [4.78, 5) is 24.6. The van der Waals surface area contributed by atoms with E-state index in [0.717, 1.165) is 0 Å². The molecule has 0 aliphatic rings. The fourth-order valence-corrected chi connectivity index (χ4v) is 2.95. The minimum absolute atomic E-state index is 0.0199. The molecular weight excluding hydrogens is 307 g/mol. The smallest absolute Gasteiger partial charge is 0.336 e. The number of carbonyl (C=O) groups is 2. The maximum atomic E-state index is 14.3. The molecule has 0 unspecified atom stereocenters. The zero-order chi connectivity index (χ0) is 17.4. The number of benzene rings is 3. The first-order chi connectivity index (χ1) is 11.4. The molecule has 0 spiro atoms. The summed E-state index contributed by atoms with van der Waals surface area (Å²) in [6.07, 6.45) is 0. The molecule has 0 saturated heterocycles. The molecular formula is C20H15FO3. The van der Waals surface area contributed by atoms with Crippen LogP contribution in [0.3, 0.4) is 0 Å². The van der Waals surface area contributed by atoms with E-state index in [0.29, 0.717) is 27.5 Å². The number of carboxylic acid groups (broad SMARTS) is 1. The standard InChI is InChI=1S/C20H15FO3/c1-11-6-5-9-15(17(11)20(23)24)19(22)16-10-12(2)18(21)14-8-4-3-7-13(14)16/h3-10H,1-2H3,(H,23,24). The van der Waals surface area contributed by atoms with Gasteiger partial charge in [-0.2, -0.15) is 0 Å². The number of ketones is 1. The fourth-order valence-electron chi connectivity index (χ4n) is 2.95. The molecule has 0 aliphatic carbocycles. The predicted octanol–water partition coefficient (Wildman–Crippen LogP) is 4.52. The molecule has 3 aromatic rings. The van der Waals surface area contributed by atoms with Crippen LogP contribution in [0, 0.1) is 19.7 Å². The topological polar surface area (TPSA) is 54.4 Å². The molecule has 24 heavy (non-hydrogen) atoms. The van der Waals surface area contributed by atoms with Crippen molar-refractivity contribution in [1.29, 1.82) is 0 Å². The number of rotatable bonds is 3. The van der Waals surface area contributed by atoms with Gasteiger partial charge < -0.3 is 5.11 Å². The van der Waals surface area contributed by atoms with E-state index < -0.39 is 11.8 Å². The zero-order valence-electron chi connectivity index (χ0n) is 13.3. The summed E-state index contributed by atoms with van der Waals surface area (Å²) in [5.74, 6) is -1.94. The van der Waals surface area contributed by atoms with Gasteiger partial charge in [0.15, 0.2) is 5.78 Å². The molecule has 1 N–H and O–H groups in total. The molecule has 4 heteroatoms. The highest BCUT2D eigenvalue weighted by Crippen LogP contribution is 2.28. The van der Waals surface area contributed by atoms with E-state index in [1.54, 1.807) is 50.2 Å². The second-order valence-electron chi connectivity index (χ2n) is 5.73. The molecule has 0 radical (unpaired) electrons. The molecule has 0 atom stereocenters. The SMILES string of the molecule is Cc1cccc(C(=O)c2cc(C)c(F)c3ccccc23)c1C(=O)O. The zero-order valence-corrected chi connectivity index (χ0v) is 13.3. The molecule has 0 saturated carbocycles. The second kappa shape index (κ2) is 5.89. The van der Waals surface area contributed by atoms with Gasteiger partial charge in [0, 0.05) is 16.5 Å². The average Bonchev–Trinajstić information content (AvgIpc) is 2.57. The average molecular weight is 322 g/mol. The summed E-state index contributed by atoms with van der Waals surface area (Å²) in [7, 11) is 0. The minimum Gasteiger partial charge on any atom is -0.478 e. The molecule has 0 amide bonds. The number of halogens is 1. The van der Waals surface area contributed by atoms with Crippen LogP contribution < -0.4 is 0 Å². The fraction of sp³-hybridized carbons (Fsp3) is 0.100. The van der Waals surface area contributed by atoms with Crippen LogP contribution in [0.25, 0.3) is 10.8 Å². The van der Waals surface area contributed by atoms with Gasteiger partial charge in [0.25, 0.3) is 0 Å². The normalized spacial score (nSPS) is 10.8. The summed E-state index contributed by atoms with van der Waals surface area (Å²) >= 11 is 0. The number of carbonyl (C=O) groups excluding carboxylic acids is 1. The van der Waals surface area contributed by atoms with Crippen molar-refractivity contribution < 1.29 is 19.1 Å². The first kappa shape index (κ1) is 15.9. The van der Waals surface area contributed by atoms with Crippen LogP contribution in [-0.4, -0.2) is 16.9 Å². The van der Waals surface area contributed by atoms with Crippen molar-refractivity contribution in [3.63, 3.8) is 0 Å². The maximum absolute atomic E-state index is 14.3. The Bertz CT molecular complexity index is 990. The summed E-state index contributed by atoms with van der Waals surface area (Å²) in [5, 5.41) is 10.3. The number of aromatic carboxylic acids is 1. The van der Waals surface area contributed by atoms with E-state index in [4.69, 9.17) is 0 Å². The molecule has 120 valence electrons. The van der Waals surface area contributed by atoms with Gasteiger partial charge in [-0.15, -0.1) is 0 Å². The minimum atomic E-state index is -1.15. The largest absolute Gasteiger partial charge is 0.478 e. The lowest BCUT2D eigenvalue weighted by atomic mass is 9.91. The van der Waals surface area contributed by atoms with E-state index >= 15 is 0 Å². The van der Waals surface area contributed by atoms with E-state index in [1.165, 1.54) is 12.1 Å². The van der Waals surface area contributed by atoms with Crippen molar-refractivity contribution in [1.82, 2.24) is 0 Å². The van der Waals surface area contributed by atoms with E-state index in [-0.39, 0.29) is 16.9 Å². The Kier molecular flexibility index (Phi) is 3.89. The quantitative estimate of drug-likeness (QED) is 0.721. The number of fused-ring (bicyclic) bond motifs is 1. The van der Waals surface area contributed by atoms with Crippen molar-refractivity contribution >= 4 is 22.5 Å². The van der Waals surface area contributed by atoms with Crippen LogP contribution in [0.15, 0.2) is 48.5 Å². The van der Waals surface area contributed by atoms with Crippen LogP contribution >= 0.6 is 0 Å². The summed E-state index contributed by atoms with van der Waals surface area (Å²) in [6.45, 7) is 3.24. The van der Waals surface area contributed by atoms with Crippen LogP contribution in [-0.2, 0) is 0 Å². The molecule has 3 aromatic carbocycles. The molecule has 3 rings (SSSR count). The Hall–Kier alpha value is -3.01. The van der Waals surface area contributed by atoms with Crippen LogP contribution in [0.2, 0.25) is 0 Å². The monoisotopic (exact) mass is 322 g/mol. The lowest BCUT2D eigenvalue weighted by Crippen LogP contribution is -2.12. The van der Waals surface area contributed by atoms with Crippen LogP contribution in [0.4, 0.5) is 4.39 Å². The van der Waals surface area contributed by atoms with Gasteiger partial charge >= 0.3 is 5.97 Å². The number of carboxylic acids is 1. The lowest BCUT2D eigenvalue weighted by Gasteiger charge is -2.12. The van der Waals surface area contributed by atoms with Crippen molar-refractivity contribution in [3.8, 4) is 0 Å². The van der Waals surface area contributed by atoms with E-state index in [2.05, 4.69) is 0 Å². The van der Waals surface area contributed by atoms with Gasteiger partial charge in [0.05, 0.1) is 5.56 Å². The van der Waals surface area contributed by atoms with Gasteiger partial charge in [-0.1, -0.05) is 42.5 Å². The highest BCUT2D eigenvalue weighted by molar-refractivity contribution is 6.20. The van der Waals surface area contributed by atoms with Crippen LogP contribution in [0.1, 0.15) is 37.4 Å². The number of hydrogen-bond acceptors (Lipinski definition) is 2. The molecule has 3 nitrogen and oxygen atoms in total. The van der Waals surface area contributed by atoms with E-state index in [1.807, 2.05) is 0 Å². The van der Waals surface area contributed by atoms with Crippen molar-refractivity contribution in [2.45, 2.75) is 13.8 Å². The maximum Gasteiger partial charge on any atom is 0.336 e. The molecule has 0 fully saturated rings. The summed E-state index contributed by atoms with van der Waals surface area (Å²) in [5.41, 5.74) is 1.25. The van der Waals surface area contributed by atoms with Gasteiger partial charge in [-0.25, -0.2) is 9.18 Å². The Morgan fingerprint density at radius 2 is 1.54 bits per heavy atom. The first-order valence-electron chi connectivity index (χ1n) is 7.47. The van der Waals surface area contributed by atoms with Crippen LogP contribution in [0.5, 0.6) is 0 Å². The third kappa shape index (κ3) is 2.46. The Labute approximate surface area is 138 Å². The van der Waals surface area contributed by atoms with Crippen molar-refractivity contribution in [3.05, 3.63) is 82.2 Å². The van der Waals surface area contributed by atoms with Gasteiger partial charge in [-0.05, 0) is 36.4 Å². The van der Waals surface area contributed by atoms with Gasteiger partial charge in [-0.3, -0.25) is 4.79 Å². The Morgan fingerprint density at radius 1 is 0.875 bits per heavy atom. The molecule has 0 bridgehead atoms.